The minimum atomic E-state index is 0.347. The molecule has 1 atom stereocenters. The van der Waals surface area contributed by atoms with Crippen LogP contribution in [-0.4, -0.2) is 35.7 Å². The molecule has 1 aliphatic rings. The van der Waals surface area contributed by atoms with Crippen molar-refractivity contribution in [1.82, 2.24) is 10.2 Å². The zero-order valence-electron chi connectivity index (χ0n) is 10.5. The van der Waals surface area contributed by atoms with Gasteiger partial charge in [0.2, 0.25) is 0 Å². The van der Waals surface area contributed by atoms with E-state index in [-0.39, 0.29) is 0 Å². The predicted molar refractivity (Wildman–Crippen MR) is 70.1 cm³/mol. The number of nitrogens with one attached hydrogen (secondary N) is 1. The number of phenolic OH excluding ortho intramolecular Hbond substituents is 1. The van der Waals surface area contributed by atoms with Crippen molar-refractivity contribution in [3.8, 4) is 5.75 Å². The van der Waals surface area contributed by atoms with Crippen LogP contribution < -0.4 is 5.32 Å². The summed E-state index contributed by atoms with van der Waals surface area (Å²) >= 11 is 0. The molecule has 1 aliphatic heterocycles. The first kappa shape index (κ1) is 12.4. The van der Waals surface area contributed by atoms with Gasteiger partial charge in [0, 0.05) is 19.1 Å². The third kappa shape index (κ3) is 3.45. The Kier molecular flexibility index (Phi) is 4.40. The third-order valence-corrected chi connectivity index (χ3v) is 3.45. The number of hydrogen-bond acceptors (Lipinski definition) is 3. The lowest BCUT2D eigenvalue weighted by Gasteiger charge is -2.24. The maximum atomic E-state index is 9.26. The first-order chi connectivity index (χ1) is 8.29. The molecule has 0 bridgehead atoms. The monoisotopic (exact) mass is 234 g/mol. The van der Waals surface area contributed by atoms with Crippen LogP contribution in [0.25, 0.3) is 0 Å². The summed E-state index contributed by atoms with van der Waals surface area (Å²) < 4.78 is 0. The number of hydrogen-bond donors (Lipinski definition) is 2. The Bertz CT molecular complexity index is 337. The molecule has 1 saturated heterocycles. The van der Waals surface area contributed by atoms with Gasteiger partial charge in [-0.2, -0.15) is 0 Å². The van der Waals surface area contributed by atoms with Crippen LogP contribution in [0.1, 0.15) is 25.3 Å². The fraction of sp³-hybridized carbons (Fsp3) is 0.571. The van der Waals surface area contributed by atoms with Crippen molar-refractivity contribution in [3.05, 3.63) is 29.8 Å². The number of aromatic hydroxyl groups is 1. The Morgan fingerprint density at radius 3 is 2.82 bits per heavy atom. The molecular weight excluding hydrogens is 212 g/mol. The normalized spacial score (nSPS) is 20.9. The van der Waals surface area contributed by atoms with Crippen LogP contribution in [0.3, 0.4) is 0 Å². The highest BCUT2D eigenvalue weighted by Crippen LogP contribution is 2.20. The highest BCUT2D eigenvalue weighted by molar-refractivity contribution is 5.25. The lowest BCUT2D eigenvalue weighted by molar-refractivity contribution is 0.240. The van der Waals surface area contributed by atoms with Crippen molar-refractivity contribution in [2.24, 2.45) is 0 Å². The van der Waals surface area contributed by atoms with Crippen LogP contribution in [-0.2, 0) is 6.54 Å². The van der Waals surface area contributed by atoms with Gasteiger partial charge in [-0.3, -0.25) is 4.90 Å². The van der Waals surface area contributed by atoms with E-state index in [0.29, 0.717) is 11.8 Å². The predicted octanol–water partition coefficient (Wildman–Crippen LogP) is 1.97. The Labute approximate surface area is 103 Å². The van der Waals surface area contributed by atoms with E-state index in [4.69, 9.17) is 0 Å². The van der Waals surface area contributed by atoms with Crippen molar-refractivity contribution >= 4 is 0 Å². The molecule has 94 valence electrons. The summed E-state index contributed by atoms with van der Waals surface area (Å²) in [6.45, 7) is 6.48. The zero-order valence-corrected chi connectivity index (χ0v) is 10.5. The fourth-order valence-corrected chi connectivity index (χ4v) is 2.48. The molecule has 0 spiro atoms. The largest absolute Gasteiger partial charge is 0.508 e. The number of likely N-dealkylation sites (tertiary alicyclic amines) is 1. The smallest absolute Gasteiger partial charge is 0.115 e. The van der Waals surface area contributed by atoms with Crippen molar-refractivity contribution in [3.63, 3.8) is 0 Å². The SMILES string of the molecule is CCNCC1CCCN1Cc1ccc(O)cc1. The van der Waals surface area contributed by atoms with Gasteiger partial charge in [0.15, 0.2) is 0 Å². The molecule has 0 aliphatic carbocycles. The first-order valence-electron chi connectivity index (χ1n) is 6.52. The summed E-state index contributed by atoms with van der Waals surface area (Å²) in [5.41, 5.74) is 1.28. The van der Waals surface area contributed by atoms with Crippen LogP contribution in [0, 0.1) is 0 Å². The van der Waals surface area contributed by atoms with Crippen LogP contribution in [0.15, 0.2) is 24.3 Å². The number of benzene rings is 1. The molecule has 1 aromatic rings. The van der Waals surface area contributed by atoms with Crippen molar-refractivity contribution in [2.75, 3.05) is 19.6 Å². The molecule has 1 fully saturated rings. The minimum absolute atomic E-state index is 0.347. The zero-order chi connectivity index (χ0) is 12.1. The summed E-state index contributed by atoms with van der Waals surface area (Å²) in [5, 5.41) is 12.7. The summed E-state index contributed by atoms with van der Waals surface area (Å²) in [6, 6.07) is 8.23. The quantitative estimate of drug-likeness (QED) is 0.817. The molecule has 0 amide bonds. The molecule has 1 unspecified atom stereocenters. The molecule has 1 aromatic carbocycles. The van der Waals surface area contributed by atoms with Gasteiger partial charge in [-0.25, -0.2) is 0 Å². The molecule has 2 rings (SSSR count). The molecule has 17 heavy (non-hydrogen) atoms. The molecule has 0 aromatic heterocycles. The standard InChI is InChI=1S/C14H22N2O/c1-2-15-10-13-4-3-9-16(13)11-12-5-7-14(17)8-6-12/h5-8,13,15,17H,2-4,9-11H2,1H3. The second-order valence-corrected chi connectivity index (χ2v) is 4.74. The molecule has 0 radical (unpaired) electrons. The van der Waals surface area contributed by atoms with Crippen molar-refractivity contribution < 1.29 is 5.11 Å². The van der Waals surface area contributed by atoms with Gasteiger partial charge in [-0.1, -0.05) is 19.1 Å². The highest BCUT2D eigenvalue weighted by Gasteiger charge is 2.23. The molecule has 3 nitrogen and oxygen atoms in total. The lowest BCUT2D eigenvalue weighted by Crippen LogP contribution is -2.37. The maximum Gasteiger partial charge on any atom is 0.115 e. The van der Waals surface area contributed by atoms with E-state index in [0.717, 1.165) is 19.6 Å². The second kappa shape index (κ2) is 6.03. The number of nitrogens with zero attached hydrogens (tertiary/aromatic N) is 1. The fourth-order valence-electron chi connectivity index (χ4n) is 2.48. The average Bonchev–Trinajstić information content (AvgIpc) is 2.77. The van der Waals surface area contributed by atoms with Crippen LogP contribution in [0.4, 0.5) is 0 Å². The van der Waals surface area contributed by atoms with Gasteiger partial charge in [0.25, 0.3) is 0 Å². The Hall–Kier alpha value is -1.06. The van der Waals surface area contributed by atoms with E-state index >= 15 is 0 Å². The topological polar surface area (TPSA) is 35.5 Å². The molecule has 3 heteroatoms. The van der Waals surface area contributed by atoms with Gasteiger partial charge in [-0.05, 0) is 43.6 Å². The Balaban J connectivity index is 1.90. The summed E-state index contributed by atoms with van der Waals surface area (Å²) in [4.78, 5) is 2.54. The van der Waals surface area contributed by atoms with Crippen molar-refractivity contribution in [1.29, 1.82) is 0 Å². The van der Waals surface area contributed by atoms with Gasteiger partial charge < -0.3 is 10.4 Å². The summed E-state index contributed by atoms with van der Waals surface area (Å²) in [6.07, 6.45) is 2.60. The third-order valence-electron chi connectivity index (χ3n) is 3.45. The molecule has 0 saturated carbocycles. The van der Waals surface area contributed by atoms with E-state index in [1.807, 2.05) is 12.1 Å². The lowest BCUT2D eigenvalue weighted by atomic mass is 10.1. The van der Waals surface area contributed by atoms with Gasteiger partial charge in [0.1, 0.15) is 5.75 Å². The van der Waals surface area contributed by atoms with E-state index in [9.17, 15) is 5.11 Å². The summed E-state index contributed by atoms with van der Waals surface area (Å²) in [7, 11) is 0. The Morgan fingerprint density at radius 2 is 2.12 bits per heavy atom. The molecular formula is C14H22N2O. The van der Waals surface area contributed by atoms with E-state index < -0.39 is 0 Å². The summed E-state index contributed by atoms with van der Waals surface area (Å²) in [5.74, 6) is 0.347. The number of phenols is 1. The minimum Gasteiger partial charge on any atom is -0.508 e. The van der Waals surface area contributed by atoms with Crippen LogP contribution in [0.2, 0.25) is 0 Å². The highest BCUT2D eigenvalue weighted by atomic mass is 16.3. The maximum absolute atomic E-state index is 9.26. The van der Waals surface area contributed by atoms with E-state index in [1.54, 1.807) is 12.1 Å². The van der Waals surface area contributed by atoms with Crippen LogP contribution >= 0.6 is 0 Å². The molecule has 2 N–H and O–H groups in total. The van der Waals surface area contributed by atoms with Crippen LogP contribution in [0.5, 0.6) is 5.75 Å². The van der Waals surface area contributed by atoms with Gasteiger partial charge in [-0.15, -0.1) is 0 Å². The number of rotatable bonds is 5. The number of likely N-dealkylation sites (N-methyl/N-ethyl adjacent to an activating group) is 1. The van der Waals surface area contributed by atoms with Crippen molar-refractivity contribution in [2.45, 2.75) is 32.4 Å². The average molecular weight is 234 g/mol. The van der Waals surface area contributed by atoms with E-state index in [1.165, 1.54) is 24.9 Å². The van der Waals surface area contributed by atoms with Gasteiger partial charge >= 0.3 is 0 Å². The Morgan fingerprint density at radius 1 is 1.35 bits per heavy atom. The second-order valence-electron chi connectivity index (χ2n) is 4.74. The molecule has 1 heterocycles. The van der Waals surface area contributed by atoms with E-state index in [2.05, 4.69) is 17.1 Å². The van der Waals surface area contributed by atoms with Gasteiger partial charge in [0.05, 0.1) is 0 Å². The first-order valence-corrected chi connectivity index (χ1v) is 6.52.